The van der Waals surface area contributed by atoms with Gasteiger partial charge in [-0.1, -0.05) is 12.1 Å². The van der Waals surface area contributed by atoms with Crippen LogP contribution in [0.4, 0.5) is 0 Å². The highest BCUT2D eigenvalue weighted by Crippen LogP contribution is 2.16. The molecule has 0 radical (unpaired) electrons. The lowest BCUT2D eigenvalue weighted by Crippen LogP contribution is -2.32. The number of carbonyl (C=O) groups excluding carboxylic acids is 1. The molecule has 1 atom stereocenters. The molecule has 3 aromatic rings. The molecule has 0 spiro atoms. The van der Waals surface area contributed by atoms with Gasteiger partial charge in [-0.25, -0.2) is 4.98 Å². The first-order valence-corrected chi connectivity index (χ1v) is 8.87. The van der Waals surface area contributed by atoms with Gasteiger partial charge >= 0.3 is 0 Å². The number of para-hydroxylation sites is 1. The number of fused-ring (bicyclic) bond motifs is 1. The molecule has 1 aliphatic heterocycles. The minimum Gasteiger partial charge on any atom is -0.471 e. The van der Waals surface area contributed by atoms with Gasteiger partial charge in [0.1, 0.15) is 6.10 Å². The van der Waals surface area contributed by atoms with Gasteiger partial charge in [-0.3, -0.25) is 14.2 Å². The van der Waals surface area contributed by atoms with Crippen molar-refractivity contribution in [2.24, 2.45) is 0 Å². The molecule has 8 heteroatoms. The second-order valence-electron chi connectivity index (χ2n) is 6.44. The maximum absolute atomic E-state index is 12.5. The van der Waals surface area contributed by atoms with E-state index in [1.165, 1.54) is 10.9 Å². The van der Waals surface area contributed by atoms with Crippen LogP contribution in [-0.4, -0.2) is 49.7 Å². The van der Waals surface area contributed by atoms with Crippen molar-refractivity contribution < 1.29 is 9.53 Å². The molecule has 3 heterocycles. The fourth-order valence-electron chi connectivity index (χ4n) is 3.21. The van der Waals surface area contributed by atoms with Crippen molar-refractivity contribution in [3.05, 3.63) is 59.3 Å². The zero-order valence-corrected chi connectivity index (χ0v) is 14.7. The standard InChI is InChI=1S/C19H19N5O3/c25-18(23-10-7-14(12-23)27-17-6-3-9-21-22-17)8-11-24-13-20-16-5-2-1-4-15(16)19(24)26/h1-6,9,13-14H,7-8,10-12H2/t14-/m0/s1. The summed E-state index contributed by atoms with van der Waals surface area (Å²) >= 11 is 0. The van der Waals surface area contributed by atoms with E-state index in [9.17, 15) is 9.59 Å². The molecule has 8 nitrogen and oxygen atoms in total. The van der Waals surface area contributed by atoms with E-state index in [1.807, 2.05) is 12.1 Å². The van der Waals surface area contributed by atoms with E-state index in [4.69, 9.17) is 4.74 Å². The van der Waals surface area contributed by atoms with Crippen molar-refractivity contribution >= 4 is 16.8 Å². The summed E-state index contributed by atoms with van der Waals surface area (Å²) in [6.45, 7) is 1.45. The summed E-state index contributed by atoms with van der Waals surface area (Å²) in [4.78, 5) is 31.0. The smallest absolute Gasteiger partial charge is 0.261 e. The second kappa shape index (κ2) is 7.53. The Labute approximate surface area is 155 Å². The Hall–Kier alpha value is -3.29. The normalized spacial score (nSPS) is 16.6. The maximum Gasteiger partial charge on any atom is 0.261 e. The lowest BCUT2D eigenvalue weighted by Gasteiger charge is -2.17. The van der Waals surface area contributed by atoms with Crippen molar-refractivity contribution in [1.82, 2.24) is 24.6 Å². The van der Waals surface area contributed by atoms with Crippen LogP contribution >= 0.6 is 0 Å². The first kappa shape index (κ1) is 17.1. The van der Waals surface area contributed by atoms with Gasteiger partial charge in [0.05, 0.1) is 23.8 Å². The summed E-state index contributed by atoms with van der Waals surface area (Å²) in [5.74, 6) is 0.464. The first-order chi connectivity index (χ1) is 13.2. The van der Waals surface area contributed by atoms with E-state index in [0.717, 1.165) is 6.42 Å². The maximum atomic E-state index is 12.5. The van der Waals surface area contributed by atoms with E-state index in [0.29, 0.717) is 36.4 Å². The zero-order valence-electron chi connectivity index (χ0n) is 14.7. The summed E-state index contributed by atoms with van der Waals surface area (Å²) in [7, 11) is 0. The predicted molar refractivity (Wildman–Crippen MR) is 98.3 cm³/mol. The van der Waals surface area contributed by atoms with Crippen LogP contribution in [0.5, 0.6) is 5.88 Å². The number of ether oxygens (including phenoxy) is 1. The molecule has 1 amide bonds. The van der Waals surface area contributed by atoms with Crippen LogP contribution in [-0.2, 0) is 11.3 Å². The molecule has 0 saturated carbocycles. The van der Waals surface area contributed by atoms with Gasteiger partial charge in [0.25, 0.3) is 5.56 Å². The van der Waals surface area contributed by atoms with E-state index in [2.05, 4.69) is 15.2 Å². The van der Waals surface area contributed by atoms with Crippen LogP contribution in [0.15, 0.2) is 53.7 Å². The molecule has 27 heavy (non-hydrogen) atoms. The number of benzene rings is 1. The Morgan fingerprint density at radius 3 is 2.96 bits per heavy atom. The van der Waals surface area contributed by atoms with Crippen LogP contribution in [0.2, 0.25) is 0 Å². The van der Waals surface area contributed by atoms with Crippen LogP contribution in [0.1, 0.15) is 12.8 Å². The minimum atomic E-state index is -0.126. The molecule has 138 valence electrons. The van der Waals surface area contributed by atoms with Crippen LogP contribution in [0.3, 0.4) is 0 Å². The van der Waals surface area contributed by atoms with Gasteiger partial charge < -0.3 is 9.64 Å². The Morgan fingerprint density at radius 2 is 2.11 bits per heavy atom. The zero-order chi connectivity index (χ0) is 18.6. The summed E-state index contributed by atoms with van der Waals surface area (Å²) in [6, 6.07) is 10.7. The number of hydrogen-bond donors (Lipinski definition) is 0. The van der Waals surface area contributed by atoms with E-state index in [-0.39, 0.29) is 24.0 Å². The molecule has 2 aromatic heterocycles. The topological polar surface area (TPSA) is 90.2 Å². The fourth-order valence-corrected chi connectivity index (χ4v) is 3.21. The third kappa shape index (κ3) is 3.79. The number of amides is 1. The number of aromatic nitrogens is 4. The van der Waals surface area contributed by atoms with Crippen molar-refractivity contribution in [3.63, 3.8) is 0 Å². The molecule has 1 aromatic carbocycles. The Morgan fingerprint density at radius 1 is 1.22 bits per heavy atom. The second-order valence-corrected chi connectivity index (χ2v) is 6.44. The summed E-state index contributed by atoms with van der Waals surface area (Å²) in [5.41, 5.74) is 0.535. The average Bonchev–Trinajstić information content (AvgIpc) is 3.17. The van der Waals surface area contributed by atoms with Crippen molar-refractivity contribution in [1.29, 1.82) is 0 Å². The van der Waals surface area contributed by atoms with Gasteiger partial charge in [0.15, 0.2) is 0 Å². The van der Waals surface area contributed by atoms with Gasteiger partial charge in [-0.2, -0.15) is 5.10 Å². The van der Waals surface area contributed by atoms with Gasteiger partial charge in [0.2, 0.25) is 11.8 Å². The van der Waals surface area contributed by atoms with E-state index in [1.54, 1.807) is 35.4 Å². The lowest BCUT2D eigenvalue weighted by atomic mass is 10.2. The van der Waals surface area contributed by atoms with Crippen molar-refractivity contribution in [2.45, 2.75) is 25.5 Å². The third-order valence-corrected chi connectivity index (χ3v) is 4.63. The average molecular weight is 365 g/mol. The minimum absolute atomic E-state index is 0.000282. The molecule has 1 saturated heterocycles. The highest BCUT2D eigenvalue weighted by atomic mass is 16.5. The number of rotatable bonds is 5. The van der Waals surface area contributed by atoms with Crippen molar-refractivity contribution in [3.8, 4) is 5.88 Å². The number of aryl methyl sites for hydroxylation is 1. The van der Waals surface area contributed by atoms with Crippen LogP contribution < -0.4 is 10.3 Å². The molecule has 0 aliphatic carbocycles. The molecule has 4 rings (SSSR count). The fraction of sp³-hybridized carbons (Fsp3) is 0.316. The molecular formula is C19H19N5O3. The van der Waals surface area contributed by atoms with Crippen molar-refractivity contribution in [2.75, 3.05) is 13.1 Å². The Balaban J connectivity index is 1.35. The lowest BCUT2D eigenvalue weighted by molar-refractivity contribution is -0.130. The van der Waals surface area contributed by atoms with Crippen LogP contribution in [0.25, 0.3) is 10.9 Å². The van der Waals surface area contributed by atoms with Gasteiger partial charge in [0, 0.05) is 38.2 Å². The number of likely N-dealkylation sites (tertiary alicyclic amines) is 1. The van der Waals surface area contributed by atoms with Gasteiger partial charge in [-0.15, -0.1) is 5.10 Å². The largest absolute Gasteiger partial charge is 0.471 e. The highest BCUT2D eigenvalue weighted by molar-refractivity contribution is 5.77. The molecular weight excluding hydrogens is 346 g/mol. The van der Waals surface area contributed by atoms with Gasteiger partial charge in [-0.05, 0) is 18.2 Å². The third-order valence-electron chi connectivity index (χ3n) is 4.63. The first-order valence-electron chi connectivity index (χ1n) is 8.87. The Bertz CT molecular complexity index is 1000. The monoisotopic (exact) mass is 365 g/mol. The summed E-state index contributed by atoms with van der Waals surface area (Å²) < 4.78 is 7.24. The quantitative estimate of drug-likeness (QED) is 0.676. The molecule has 0 unspecified atom stereocenters. The summed E-state index contributed by atoms with van der Waals surface area (Å²) in [5, 5.41) is 8.24. The molecule has 1 fully saturated rings. The highest BCUT2D eigenvalue weighted by Gasteiger charge is 2.27. The Kier molecular flexibility index (Phi) is 4.78. The van der Waals surface area contributed by atoms with Crippen LogP contribution in [0, 0.1) is 0 Å². The number of carbonyl (C=O) groups is 1. The number of nitrogens with zero attached hydrogens (tertiary/aromatic N) is 5. The summed E-state index contributed by atoms with van der Waals surface area (Å²) in [6.07, 6.45) is 4.00. The molecule has 0 bridgehead atoms. The number of hydrogen-bond acceptors (Lipinski definition) is 6. The SMILES string of the molecule is O=C(CCn1cnc2ccccc2c1=O)N1CC[C@H](Oc2cccnn2)C1. The molecule has 1 aliphatic rings. The van der Waals surface area contributed by atoms with E-state index >= 15 is 0 Å². The molecule has 0 N–H and O–H groups in total. The predicted octanol–water partition coefficient (Wildman–Crippen LogP) is 1.26. The van der Waals surface area contributed by atoms with E-state index < -0.39 is 0 Å².